The van der Waals surface area contributed by atoms with Gasteiger partial charge in [0.2, 0.25) is 0 Å². The molecule has 0 spiro atoms. The summed E-state index contributed by atoms with van der Waals surface area (Å²) in [6, 6.07) is 8.79. The lowest BCUT2D eigenvalue weighted by molar-refractivity contribution is 0.173. The number of hydrogen-bond donors (Lipinski definition) is 1. The highest BCUT2D eigenvalue weighted by Gasteiger charge is 2.25. The van der Waals surface area contributed by atoms with Gasteiger partial charge in [0.15, 0.2) is 6.80 Å². The largest absolute Gasteiger partial charge is 0.368 e. The van der Waals surface area contributed by atoms with Gasteiger partial charge in [-0.25, -0.2) is 9.18 Å². The Bertz CT molecular complexity index is 827. The lowest BCUT2D eigenvalue weighted by Crippen LogP contribution is -2.47. The quantitative estimate of drug-likeness (QED) is 0.681. The van der Waals surface area contributed by atoms with Gasteiger partial charge >= 0.3 is 6.03 Å². The van der Waals surface area contributed by atoms with E-state index in [1.54, 1.807) is 0 Å². The lowest BCUT2D eigenvalue weighted by atomic mass is 9.84. The van der Waals surface area contributed by atoms with Gasteiger partial charge in [0.1, 0.15) is 0 Å². The van der Waals surface area contributed by atoms with Crippen LogP contribution >= 0.6 is 11.3 Å². The van der Waals surface area contributed by atoms with Crippen molar-refractivity contribution in [2.24, 2.45) is 5.92 Å². The second-order valence-electron chi connectivity index (χ2n) is 8.71. The molecule has 2 fully saturated rings. The molecule has 0 radical (unpaired) electrons. The maximum Gasteiger partial charge on any atom is 0.319 e. The Morgan fingerprint density at radius 3 is 2.67 bits per heavy atom. The monoisotopic (exact) mass is 432 g/mol. The standard InChI is InChI=1S/C23H33FN4OS/c1-26(17-24)23(29)25-19-7-5-18(6-8-19)9-11-27-12-14-28(15-13-27)21-3-2-4-22-20(21)10-16-30-22/h2-4,10,16,18-19H,5-9,11-15,17H2,1H3,(H,25,29)/t18-,19-. The Labute approximate surface area is 182 Å². The summed E-state index contributed by atoms with van der Waals surface area (Å²) in [6.45, 7) is 4.87. The van der Waals surface area contributed by atoms with Crippen molar-refractivity contribution in [3.8, 4) is 0 Å². The predicted molar refractivity (Wildman–Crippen MR) is 123 cm³/mol. The van der Waals surface area contributed by atoms with Crippen LogP contribution in [0.2, 0.25) is 0 Å². The summed E-state index contributed by atoms with van der Waals surface area (Å²) in [7, 11) is 1.49. The molecule has 7 heteroatoms. The molecule has 1 saturated carbocycles. The number of amides is 2. The number of fused-ring (bicyclic) bond motifs is 1. The van der Waals surface area contributed by atoms with Gasteiger partial charge in [0.05, 0.1) is 0 Å². The Balaban J connectivity index is 1.17. The SMILES string of the molecule is CN(CF)C(=O)N[C@H]1CC[C@H](CCN2CCN(c3cccc4sccc34)CC2)CC1. The van der Waals surface area contributed by atoms with Gasteiger partial charge < -0.3 is 10.2 Å². The van der Waals surface area contributed by atoms with Crippen LogP contribution in [0.5, 0.6) is 0 Å². The maximum absolute atomic E-state index is 12.6. The van der Waals surface area contributed by atoms with E-state index in [-0.39, 0.29) is 12.1 Å². The van der Waals surface area contributed by atoms with Gasteiger partial charge in [-0.05, 0) is 68.1 Å². The van der Waals surface area contributed by atoms with Gasteiger partial charge in [-0.15, -0.1) is 11.3 Å². The summed E-state index contributed by atoms with van der Waals surface area (Å²) in [6.07, 6.45) is 5.57. The van der Waals surface area contributed by atoms with Crippen molar-refractivity contribution < 1.29 is 9.18 Å². The van der Waals surface area contributed by atoms with Crippen LogP contribution in [0.1, 0.15) is 32.1 Å². The van der Waals surface area contributed by atoms with Crippen molar-refractivity contribution in [3.63, 3.8) is 0 Å². The van der Waals surface area contributed by atoms with Crippen molar-refractivity contribution in [2.45, 2.75) is 38.1 Å². The fourth-order valence-electron chi connectivity index (χ4n) is 4.77. The number of rotatable bonds is 6. The van der Waals surface area contributed by atoms with E-state index < -0.39 is 6.80 Å². The first-order valence-corrected chi connectivity index (χ1v) is 12.0. The molecule has 1 aromatic heterocycles. The van der Waals surface area contributed by atoms with Crippen LogP contribution in [-0.2, 0) is 0 Å². The number of hydrogen-bond acceptors (Lipinski definition) is 4. The number of carbonyl (C=O) groups excluding carboxylic acids is 1. The van der Waals surface area contributed by atoms with Gasteiger partial charge in [-0.1, -0.05) is 6.07 Å². The number of nitrogens with zero attached hydrogens (tertiary/aromatic N) is 3. The van der Waals surface area contributed by atoms with E-state index in [1.807, 2.05) is 11.3 Å². The fourth-order valence-corrected chi connectivity index (χ4v) is 5.57. The van der Waals surface area contributed by atoms with Crippen LogP contribution in [-0.4, -0.2) is 68.4 Å². The van der Waals surface area contributed by atoms with Crippen LogP contribution in [0, 0.1) is 5.92 Å². The molecule has 1 aliphatic heterocycles. The molecule has 1 aliphatic carbocycles. The molecule has 1 N–H and O–H groups in total. The highest BCUT2D eigenvalue weighted by molar-refractivity contribution is 7.17. The average molecular weight is 433 g/mol. The third-order valence-electron chi connectivity index (χ3n) is 6.74. The molecule has 2 amide bonds. The Morgan fingerprint density at radius 1 is 1.17 bits per heavy atom. The van der Waals surface area contributed by atoms with E-state index in [2.05, 4.69) is 44.8 Å². The van der Waals surface area contributed by atoms with Gasteiger partial charge in [0, 0.05) is 55.0 Å². The number of alkyl halides is 1. The minimum absolute atomic E-state index is 0.200. The Morgan fingerprint density at radius 2 is 1.93 bits per heavy atom. The van der Waals surface area contributed by atoms with Crippen LogP contribution < -0.4 is 10.2 Å². The van der Waals surface area contributed by atoms with Gasteiger partial charge in [0.25, 0.3) is 0 Å². The van der Waals surface area contributed by atoms with Crippen LogP contribution in [0.15, 0.2) is 29.6 Å². The molecule has 2 heterocycles. The number of halogens is 1. The van der Waals surface area contributed by atoms with E-state index in [0.29, 0.717) is 0 Å². The first kappa shape index (κ1) is 21.4. The highest BCUT2D eigenvalue weighted by Crippen LogP contribution is 2.31. The van der Waals surface area contributed by atoms with E-state index in [1.165, 1.54) is 35.8 Å². The van der Waals surface area contributed by atoms with E-state index in [9.17, 15) is 9.18 Å². The third-order valence-corrected chi connectivity index (χ3v) is 7.62. The number of benzene rings is 1. The molecule has 1 aromatic carbocycles. The van der Waals surface area contributed by atoms with E-state index in [4.69, 9.17) is 0 Å². The molecule has 30 heavy (non-hydrogen) atoms. The van der Waals surface area contributed by atoms with Crippen LogP contribution in [0.3, 0.4) is 0 Å². The van der Waals surface area contributed by atoms with Crippen molar-refractivity contribution in [2.75, 3.05) is 51.5 Å². The Hall–Kier alpha value is -1.86. The second kappa shape index (κ2) is 9.96. The van der Waals surface area contributed by atoms with E-state index >= 15 is 0 Å². The number of nitrogens with one attached hydrogen (secondary N) is 1. The molecule has 1 saturated heterocycles. The second-order valence-corrected chi connectivity index (χ2v) is 9.66. The van der Waals surface area contributed by atoms with E-state index in [0.717, 1.165) is 62.7 Å². The average Bonchev–Trinajstić information content (AvgIpc) is 3.27. The number of anilines is 1. The predicted octanol–water partition coefficient (Wildman–Crippen LogP) is 4.54. The van der Waals surface area contributed by atoms with Gasteiger partial charge in [-0.3, -0.25) is 9.80 Å². The first-order valence-electron chi connectivity index (χ1n) is 11.1. The third kappa shape index (κ3) is 5.06. The summed E-state index contributed by atoms with van der Waals surface area (Å²) in [5.41, 5.74) is 1.38. The molecule has 164 valence electrons. The summed E-state index contributed by atoms with van der Waals surface area (Å²) >= 11 is 1.82. The minimum atomic E-state index is -0.739. The number of urea groups is 1. The summed E-state index contributed by atoms with van der Waals surface area (Å²) in [5, 5.41) is 6.53. The molecule has 0 atom stereocenters. The summed E-state index contributed by atoms with van der Waals surface area (Å²) in [4.78, 5) is 18.0. The number of thiophene rings is 1. The zero-order valence-corrected chi connectivity index (χ0v) is 18.7. The molecule has 4 rings (SSSR count). The molecule has 5 nitrogen and oxygen atoms in total. The lowest BCUT2D eigenvalue weighted by Gasteiger charge is -2.37. The van der Waals surface area contributed by atoms with Crippen molar-refractivity contribution in [1.82, 2.24) is 15.1 Å². The number of piperazine rings is 1. The topological polar surface area (TPSA) is 38.8 Å². The normalized spacial score (nSPS) is 22.9. The first-order chi connectivity index (χ1) is 14.6. The number of carbonyl (C=O) groups is 1. The zero-order chi connectivity index (χ0) is 20.9. The van der Waals surface area contributed by atoms with Crippen molar-refractivity contribution >= 4 is 33.1 Å². The minimum Gasteiger partial charge on any atom is -0.368 e. The highest BCUT2D eigenvalue weighted by atomic mass is 32.1. The molecular weight excluding hydrogens is 399 g/mol. The zero-order valence-electron chi connectivity index (χ0n) is 17.9. The fraction of sp³-hybridized carbons (Fsp3) is 0.609. The summed E-state index contributed by atoms with van der Waals surface area (Å²) in [5.74, 6) is 0.745. The van der Waals surface area contributed by atoms with Crippen molar-refractivity contribution in [1.29, 1.82) is 0 Å². The molecule has 2 aliphatic rings. The Kier molecular flexibility index (Phi) is 7.10. The van der Waals surface area contributed by atoms with Crippen LogP contribution in [0.25, 0.3) is 10.1 Å². The molecule has 0 unspecified atom stereocenters. The van der Waals surface area contributed by atoms with Crippen molar-refractivity contribution in [3.05, 3.63) is 29.6 Å². The van der Waals surface area contributed by atoms with Crippen LogP contribution in [0.4, 0.5) is 14.9 Å². The molecular formula is C23H33FN4OS. The smallest absolute Gasteiger partial charge is 0.319 e. The maximum atomic E-state index is 12.6. The molecule has 2 aromatic rings. The molecule has 0 bridgehead atoms. The summed E-state index contributed by atoms with van der Waals surface area (Å²) < 4.78 is 13.9. The van der Waals surface area contributed by atoms with Gasteiger partial charge in [-0.2, -0.15) is 0 Å².